The summed E-state index contributed by atoms with van der Waals surface area (Å²) >= 11 is 0. The summed E-state index contributed by atoms with van der Waals surface area (Å²) in [6.07, 6.45) is -0.654. The van der Waals surface area contributed by atoms with Crippen LogP contribution >= 0.6 is 0 Å². The highest BCUT2D eigenvalue weighted by Crippen LogP contribution is 2.32. The summed E-state index contributed by atoms with van der Waals surface area (Å²) in [5.41, 5.74) is 0.622. The van der Waals surface area contributed by atoms with Crippen molar-refractivity contribution in [2.45, 2.75) is 25.6 Å². The third kappa shape index (κ3) is 3.97. The number of carbonyl (C=O) groups is 1. The predicted octanol–water partition coefficient (Wildman–Crippen LogP) is 4.44. The van der Waals surface area contributed by atoms with Gasteiger partial charge < -0.3 is 9.30 Å². The number of alkyl halides is 4. The maximum absolute atomic E-state index is 13.1. The zero-order valence-corrected chi connectivity index (χ0v) is 15.0. The van der Waals surface area contributed by atoms with E-state index >= 15 is 0 Å². The minimum Gasteiger partial charge on any atom is -0.481 e. The molecule has 0 N–H and O–H groups in total. The number of ether oxygens (including phenoxy) is 1. The van der Waals surface area contributed by atoms with Crippen LogP contribution in [0, 0.1) is 0 Å². The molecule has 5 nitrogen and oxygen atoms in total. The number of methoxy groups -OCH3 is 1. The number of hydrogen-bond acceptors (Lipinski definition) is 4. The minimum absolute atomic E-state index is 0.00131. The second-order valence-corrected chi connectivity index (χ2v) is 6.15. The van der Waals surface area contributed by atoms with Gasteiger partial charge in [-0.3, -0.25) is 14.2 Å². The maximum Gasteiger partial charge on any atom is 0.417 e. The SMILES string of the molecule is COc1ncc(C(F)(F)F)cc1Cn1cc(C(=O)CCCF)c2ncccc21. The number of Topliss-reactive ketones (excluding diaryl/α,β-unsaturated/α-hetero) is 1. The van der Waals surface area contributed by atoms with Gasteiger partial charge >= 0.3 is 6.18 Å². The average molecular weight is 395 g/mol. The molecule has 0 saturated carbocycles. The molecule has 0 spiro atoms. The van der Waals surface area contributed by atoms with Crippen LogP contribution in [-0.2, 0) is 12.7 Å². The third-order valence-corrected chi connectivity index (χ3v) is 4.26. The number of ketones is 1. The molecule has 9 heteroatoms. The van der Waals surface area contributed by atoms with Crippen LogP contribution in [-0.4, -0.2) is 34.1 Å². The first kappa shape index (κ1) is 19.8. The van der Waals surface area contributed by atoms with Crippen molar-refractivity contribution in [3.05, 3.63) is 53.5 Å². The van der Waals surface area contributed by atoms with Gasteiger partial charge in [-0.2, -0.15) is 13.2 Å². The molecule has 3 heterocycles. The van der Waals surface area contributed by atoms with Crippen molar-refractivity contribution in [3.8, 4) is 5.88 Å². The first-order valence-corrected chi connectivity index (χ1v) is 8.48. The van der Waals surface area contributed by atoms with Gasteiger partial charge in [0.05, 0.1) is 42.5 Å². The van der Waals surface area contributed by atoms with Crippen LogP contribution in [0.4, 0.5) is 17.6 Å². The topological polar surface area (TPSA) is 57.0 Å². The lowest BCUT2D eigenvalue weighted by molar-refractivity contribution is -0.137. The number of halogens is 4. The Labute approximate surface area is 158 Å². The van der Waals surface area contributed by atoms with E-state index in [0.29, 0.717) is 22.8 Å². The molecule has 0 radical (unpaired) electrons. The summed E-state index contributed by atoms with van der Waals surface area (Å²) in [6, 6.07) is 4.34. The average Bonchev–Trinajstić information content (AvgIpc) is 3.04. The van der Waals surface area contributed by atoms with E-state index in [1.807, 2.05) is 0 Å². The highest BCUT2D eigenvalue weighted by molar-refractivity contribution is 6.06. The summed E-state index contributed by atoms with van der Waals surface area (Å²) in [7, 11) is 1.32. The largest absolute Gasteiger partial charge is 0.481 e. The molecule has 3 aromatic rings. The standard InChI is InChI=1S/C19H17F4N3O2/c1-28-18-12(8-13(9-25-18)19(21,22)23)10-26-11-14(16(27)5-2-6-20)17-15(26)4-3-7-24-17/h3-4,7-9,11H,2,5-6,10H2,1H3. The Bertz CT molecular complexity index is 998. The lowest BCUT2D eigenvalue weighted by atomic mass is 10.1. The molecule has 0 aliphatic carbocycles. The van der Waals surface area contributed by atoms with Gasteiger partial charge in [0.2, 0.25) is 5.88 Å². The van der Waals surface area contributed by atoms with Crippen molar-refractivity contribution in [2.75, 3.05) is 13.8 Å². The Morgan fingerprint density at radius 2 is 2.07 bits per heavy atom. The second kappa shape index (κ2) is 7.95. The molecule has 0 fully saturated rings. The van der Waals surface area contributed by atoms with Crippen molar-refractivity contribution >= 4 is 16.8 Å². The second-order valence-electron chi connectivity index (χ2n) is 6.15. The lowest BCUT2D eigenvalue weighted by Gasteiger charge is -2.13. The Kier molecular flexibility index (Phi) is 5.62. The molecular weight excluding hydrogens is 378 g/mol. The van der Waals surface area contributed by atoms with Gasteiger partial charge in [-0.05, 0) is 24.6 Å². The van der Waals surface area contributed by atoms with Crippen LogP contribution in [0.1, 0.15) is 34.3 Å². The molecule has 0 amide bonds. The fourth-order valence-electron chi connectivity index (χ4n) is 2.95. The molecule has 28 heavy (non-hydrogen) atoms. The summed E-state index contributed by atoms with van der Waals surface area (Å²) < 4.78 is 58.3. The van der Waals surface area contributed by atoms with Crippen molar-refractivity contribution in [3.63, 3.8) is 0 Å². The molecule has 3 aromatic heterocycles. The van der Waals surface area contributed by atoms with Crippen LogP contribution in [0.3, 0.4) is 0 Å². The molecule has 0 bridgehead atoms. The zero-order chi connectivity index (χ0) is 20.3. The monoisotopic (exact) mass is 395 g/mol. The Morgan fingerprint density at radius 3 is 2.75 bits per heavy atom. The van der Waals surface area contributed by atoms with E-state index in [1.54, 1.807) is 16.7 Å². The van der Waals surface area contributed by atoms with Gasteiger partial charge in [-0.15, -0.1) is 0 Å². The highest BCUT2D eigenvalue weighted by atomic mass is 19.4. The zero-order valence-electron chi connectivity index (χ0n) is 15.0. The van der Waals surface area contributed by atoms with Gasteiger partial charge in [0.25, 0.3) is 0 Å². The highest BCUT2D eigenvalue weighted by Gasteiger charge is 2.32. The van der Waals surface area contributed by atoms with E-state index in [0.717, 1.165) is 6.07 Å². The van der Waals surface area contributed by atoms with Crippen LogP contribution in [0.5, 0.6) is 5.88 Å². The summed E-state index contributed by atoms with van der Waals surface area (Å²) in [5.74, 6) is -0.210. The molecule has 0 unspecified atom stereocenters. The summed E-state index contributed by atoms with van der Waals surface area (Å²) in [6.45, 7) is -0.608. The van der Waals surface area contributed by atoms with E-state index in [2.05, 4.69) is 9.97 Å². The minimum atomic E-state index is -4.54. The molecule has 148 valence electrons. The molecule has 0 aliphatic rings. The molecular formula is C19H17F4N3O2. The van der Waals surface area contributed by atoms with E-state index < -0.39 is 18.4 Å². The Hall–Kier alpha value is -2.97. The smallest absolute Gasteiger partial charge is 0.417 e. The number of rotatable bonds is 7. The number of pyridine rings is 2. The van der Waals surface area contributed by atoms with Gasteiger partial charge in [0.15, 0.2) is 5.78 Å². The van der Waals surface area contributed by atoms with Gasteiger partial charge in [0, 0.05) is 30.6 Å². The van der Waals surface area contributed by atoms with E-state index in [-0.39, 0.29) is 36.6 Å². The molecule has 0 aromatic carbocycles. The normalized spacial score (nSPS) is 11.8. The van der Waals surface area contributed by atoms with Gasteiger partial charge in [-0.25, -0.2) is 4.98 Å². The van der Waals surface area contributed by atoms with Crippen LogP contribution < -0.4 is 4.74 Å². The van der Waals surface area contributed by atoms with E-state index in [1.165, 1.54) is 19.5 Å². The number of hydrogen-bond donors (Lipinski definition) is 0. The van der Waals surface area contributed by atoms with Gasteiger partial charge in [0.1, 0.15) is 0 Å². The number of fused-ring (bicyclic) bond motifs is 1. The maximum atomic E-state index is 13.1. The Balaban J connectivity index is 2.05. The number of aromatic nitrogens is 3. The predicted molar refractivity (Wildman–Crippen MR) is 94.2 cm³/mol. The van der Waals surface area contributed by atoms with E-state index in [4.69, 9.17) is 4.74 Å². The van der Waals surface area contributed by atoms with Crippen molar-refractivity contribution in [1.29, 1.82) is 0 Å². The van der Waals surface area contributed by atoms with Crippen LogP contribution in [0.2, 0.25) is 0 Å². The first-order chi connectivity index (χ1) is 13.3. The molecule has 0 saturated heterocycles. The molecule has 0 atom stereocenters. The third-order valence-electron chi connectivity index (χ3n) is 4.26. The number of carbonyl (C=O) groups excluding carboxylic acids is 1. The fourth-order valence-corrected chi connectivity index (χ4v) is 2.95. The molecule has 3 rings (SSSR count). The van der Waals surface area contributed by atoms with Crippen molar-refractivity contribution in [2.24, 2.45) is 0 Å². The van der Waals surface area contributed by atoms with Crippen LogP contribution in [0.15, 0.2) is 36.8 Å². The molecule has 0 aliphatic heterocycles. The quantitative estimate of drug-likeness (QED) is 0.438. The first-order valence-electron chi connectivity index (χ1n) is 8.48. The van der Waals surface area contributed by atoms with Crippen molar-refractivity contribution < 1.29 is 27.1 Å². The lowest BCUT2D eigenvalue weighted by Crippen LogP contribution is -2.09. The van der Waals surface area contributed by atoms with E-state index in [9.17, 15) is 22.4 Å². The van der Waals surface area contributed by atoms with Gasteiger partial charge in [-0.1, -0.05) is 0 Å². The number of nitrogens with zero attached hydrogens (tertiary/aromatic N) is 3. The summed E-state index contributed by atoms with van der Waals surface area (Å²) in [4.78, 5) is 20.3. The summed E-state index contributed by atoms with van der Waals surface area (Å²) in [5, 5.41) is 0. The Morgan fingerprint density at radius 1 is 1.29 bits per heavy atom. The fraction of sp³-hybridized carbons (Fsp3) is 0.316. The van der Waals surface area contributed by atoms with Crippen molar-refractivity contribution in [1.82, 2.24) is 14.5 Å². The van der Waals surface area contributed by atoms with Crippen LogP contribution in [0.25, 0.3) is 11.0 Å².